The largest absolute Gasteiger partial charge is 0.223 e. The van der Waals surface area contributed by atoms with Crippen molar-refractivity contribution >= 4 is 15.9 Å². The molecule has 0 amide bonds. The lowest BCUT2D eigenvalue weighted by Gasteiger charge is -1.97. The zero-order chi connectivity index (χ0) is 11.5. The van der Waals surface area contributed by atoms with Crippen molar-refractivity contribution in [3.8, 4) is 6.07 Å². The number of allylic oxidation sites excluding steroid dienone is 1. The van der Waals surface area contributed by atoms with Gasteiger partial charge in [0.2, 0.25) is 0 Å². The van der Waals surface area contributed by atoms with Gasteiger partial charge >= 0.3 is 0 Å². The topological polar surface area (TPSA) is 57.9 Å². The number of aryl methyl sites for hydroxylation is 1. The van der Waals surface area contributed by atoms with Crippen LogP contribution in [-0.4, -0.2) is 14.7 Å². The van der Waals surface area contributed by atoms with E-state index in [0.29, 0.717) is 5.56 Å². The molecule has 0 saturated heterocycles. The molecule has 0 spiro atoms. The molecule has 78 valence electrons. The van der Waals surface area contributed by atoms with E-state index < -0.39 is 9.84 Å². The molecular formula is C11H11NO2S. The van der Waals surface area contributed by atoms with Gasteiger partial charge in [0.1, 0.15) is 11.0 Å². The van der Waals surface area contributed by atoms with Gasteiger partial charge in [-0.15, -0.1) is 0 Å². The fraction of sp³-hybridized carbons (Fsp3) is 0.182. The van der Waals surface area contributed by atoms with Crippen molar-refractivity contribution in [1.29, 1.82) is 5.26 Å². The van der Waals surface area contributed by atoms with Crippen LogP contribution in [0.5, 0.6) is 0 Å². The molecule has 1 aromatic rings. The third-order valence-electron chi connectivity index (χ3n) is 1.88. The quantitative estimate of drug-likeness (QED) is 0.717. The van der Waals surface area contributed by atoms with Gasteiger partial charge in [0.05, 0.1) is 0 Å². The summed E-state index contributed by atoms with van der Waals surface area (Å²) in [5.74, 6) is 0. The number of hydrogen-bond acceptors (Lipinski definition) is 3. The second-order valence-electron chi connectivity index (χ2n) is 3.30. The minimum Gasteiger partial charge on any atom is -0.223 e. The fourth-order valence-electron chi connectivity index (χ4n) is 1.04. The molecule has 0 saturated carbocycles. The number of hydrogen-bond donors (Lipinski definition) is 0. The maximum atomic E-state index is 11.1. The van der Waals surface area contributed by atoms with Gasteiger partial charge in [-0.05, 0) is 18.6 Å². The number of nitriles is 1. The lowest BCUT2D eigenvalue weighted by atomic mass is 10.1. The first-order chi connectivity index (χ1) is 6.93. The average Bonchev–Trinajstić information content (AvgIpc) is 2.15. The first-order valence-corrected chi connectivity index (χ1v) is 6.21. The maximum Gasteiger partial charge on any atom is 0.185 e. The Kier molecular flexibility index (Phi) is 3.28. The summed E-state index contributed by atoms with van der Waals surface area (Å²) in [6, 6.07) is 8.96. The van der Waals surface area contributed by atoms with Gasteiger partial charge in [-0.2, -0.15) is 5.26 Å². The summed E-state index contributed by atoms with van der Waals surface area (Å²) in [6.07, 6.45) is 2.39. The predicted octanol–water partition coefficient (Wildman–Crippen LogP) is 1.90. The predicted molar refractivity (Wildman–Crippen MR) is 59.6 cm³/mol. The highest BCUT2D eigenvalue weighted by atomic mass is 32.2. The van der Waals surface area contributed by atoms with Crippen LogP contribution in [0.15, 0.2) is 29.2 Å². The second kappa shape index (κ2) is 4.28. The van der Waals surface area contributed by atoms with Gasteiger partial charge < -0.3 is 0 Å². The summed E-state index contributed by atoms with van der Waals surface area (Å²) < 4.78 is 22.3. The molecule has 0 aliphatic heterocycles. The van der Waals surface area contributed by atoms with Crippen molar-refractivity contribution in [1.82, 2.24) is 0 Å². The number of rotatable bonds is 2. The highest BCUT2D eigenvalue weighted by Gasteiger charge is 2.09. The van der Waals surface area contributed by atoms with Crippen molar-refractivity contribution in [3.05, 3.63) is 40.3 Å². The SMILES string of the molecule is Cc1ccc(/C=C(/C#N)S(C)(=O)=O)cc1. The summed E-state index contributed by atoms with van der Waals surface area (Å²) >= 11 is 0. The van der Waals surface area contributed by atoms with Crippen LogP contribution in [0.25, 0.3) is 6.08 Å². The lowest BCUT2D eigenvalue weighted by Crippen LogP contribution is -1.98. The van der Waals surface area contributed by atoms with E-state index in [0.717, 1.165) is 11.8 Å². The molecular weight excluding hydrogens is 210 g/mol. The first kappa shape index (κ1) is 11.5. The van der Waals surface area contributed by atoms with Gasteiger partial charge in [0, 0.05) is 6.26 Å². The molecule has 0 atom stereocenters. The van der Waals surface area contributed by atoms with E-state index in [1.807, 2.05) is 19.1 Å². The van der Waals surface area contributed by atoms with Crippen LogP contribution in [0.4, 0.5) is 0 Å². The van der Waals surface area contributed by atoms with Gasteiger partial charge in [-0.3, -0.25) is 0 Å². The smallest absolute Gasteiger partial charge is 0.185 e. The van der Waals surface area contributed by atoms with Gasteiger partial charge in [0.15, 0.2) is 9.84 Å². The van der Waals surface area contributed by atoms with Crippen LogP contribution >= 0.6 is 0 Å². The Balaban J connectivity index is 3.17. The monoisotopic (exact) mass is 221 g/mol. The van der Waals surface area contributed by atoms with Crippen molar-refractivity contribution < 1.29 is 8.42 Å². The van der Waals surface area contributed by atoms with Crippen LogP contribution in [-0.2, 0) is 9.84 Å². The van der Waals surface area contributed by atoms with Crippen molar-refractivity contribution in [2.75, 3.05) is 6.26 Å². The Labute approximate surface area is 89.6 Å². The summed E-state index contributed by atoms with van der Waals surface area (Å²) in [7, 11) is -3.42. The standard InChI is InChI=1S/C11H11NO2S/c1-9-3-5-10(6-4-9)7-11(8-12)15(2,13)14/h3-7H,1-2H3/b11-7-. The van der Waals surface area contributed by atoms with E-state index in [9.17, 15) is 8.42 Å². The zero-order valence-electron chi connectivity index (χ0n) is 8.56. The molecule has 0 bridgehead atoms. The Bertz CT molecular complexity index is 519. The Morgan fingerprint density at radius 3 is 2.27 bits per heavy atom. The van der Waals surface area contributed by atoms with Gasteiger partial charge in [0.25, 0.3) is 0 Å². The summed E-state index contributed by atoms with van der Waals surface area (Å²) in [4.78, 5) is -0.216. The molecule has 0 fully saturated rings. The average molecular weight is 221 g/mol. The fourth-order valence-corrected chi connectivity index (χ4v) is 1.55. The van der Waals surface area contributed by atoms with E-state index >= 15 is 0 Å². The van der Waals surface area contributed by atoms with E-state index in [1.165, 1.54) is 6.08 Å². The van der Waals surface area contributed by atoms with E-state index in [4.69, 9.17) is 5.26 Å². The number of nitrogens with zero attached hydrogens (tertiary/aromatic N) is 1. The van der Waals surface area contributed by atoms with Crippen LogP contribution in [0.3, 0.4) is 0 Å². The molecule has 0 heterocycles. The van der Waals surface area contributed by atoms with Crippen LogP contribution in [0.1, 0.15) is 11.1 Å². The highest BCUT2D eigenvalue weighted by molar-refractivity contribution is 7.95. The molecule has 0 unspecified atom stereocenters. The molecule has 4 heteroatoms. The summed E-state index contributed by atoms with van der Waals surface area (Å²) in [5, 5.41) is 8.68. The normalized spacial score (nSPS) is 12.2. The maximum absolute atomic E-state index is 11.1. The second-order valence-corrected chi connectivity index (χ2v) is 5.29. The molecule has 1 aromatic carbocycles. The Hall–Kier alpha value is -1.60. The number of benzene rings is 1. The van der Waals surface area contributed by atoms with Gasteiger partial charge in [-0.25, -0.2) is 8.42 Å². The Morgan fingerprint density at radius 2 is 1.87 bits per heavy atom. The summed E-state index contributed by atoms with van der Waals surface area (Å²) in [6.45, 7) is 1.94. The van der Waals surface area contributed by atoms with Crippen molar-refractivity contribution in [2.24, 2.45) is 0 Å². The van der Waals surface area contributed by atoms with Crippen LogP contribution < -0.4 is 0 Å². The first-order valence-electron chi connectivity index (χ1n) is 4.32. The molecule has 0 N–H and O–H groups in total. The zero-order valence-corrected chi connectivity index (χ0v) is 9.38. The van der Waals surface area contributed by atoms with E-state index in [-0.39, 0.29) is 4.91 Å². The molecule has 0 aliphatic carbocycles. The van der Waals surface area contributed by atoms with Crippen molar-refractivity contribution in [3.63, 3.8) is 0 Å². The van der Waals surface area contributed by atoms with Crippen LogP contribution in [0.2, 0.25) is 0 Å². The highest BCUT2D eigenvalue weighted by Crippen LogP contribution is 2.11. The molecule has 0 aliphatic rings. The van der Waals surface area contributed by atoms with E-state index in [2.05, 4.69) is 0 Å². The molecule has 0 aromatic heterocycles. The van der Waals surface area contributed by atoms with Crippen molar-refractivity contribution in [2.45, 2.75) is 6.92 Å². The minimum atomic E-state index is -3.42. The molecule has 3 nitrogen and oxygen atoms in total. The third kappa shape index (κ3) is 3.22. The lowest BCUT2D eigenvalue weighted by molar-refractivity contribution is 0.609. The molecule has 0 radical (unpaired) electrons. The molecule has 1 rings (SSSR count). The minimum absolute atomic E-state index is 0.216. The van der Waals surface area contributed by atoms with Crippen LogP contribution in [0, 0.1) is 18.3 Å². The Morgan fingerprint density at radius 1 is 1.33 bits per heavy atom. The van der Waals surface area contributed by atoms with E-state index in [1.54, 1.807) is 18.2 Å². The van der Waals surface area contributed by atoms with Gasteiger partial charge in [-0.1, -0.05) is 29.8 Å². The number of sulfone groups is 1. The summed E-state index contributed by atoms with van der Waals surface area (Å²) in [5.41, 5.74) is 1.80. The third-order valence-corrected chi connectivity index (χ3v) is 2.89. The molecule has 15 heavy (non-hydrogen) atoms.